The Morgan fingerprint density at radius 3 is 2.71 bits per heavy atom. The summed E-state index contributed by atoms with van der Waals surface area (Å²) in [5.74, 6) is 0. The molecule has 0 saturated heterocycles. The first-order valence-electron chi connectivity index (χ1n) is 5.28. The lowest BCUT2D eigenvalue weighted by Gasteiger charge is -2.07. The van der Waals surface area contributed by atoms with Gasteiger partial charge in [-0.3, -0.25) is 0 Å². The largest absolute Gasteiger partial charge is 0.383 e. The molecule has 0 amide bonds. The Bertz CT molecular complexity index is 431. The van der Waals surface area contributed by atoms with Crippen molar-refractivity contribution in [2.45, 2.75) is 11.9 Å². The van der Waals surface area contributed by atoms with E-state index < -0.39 is 10.0 Å². The number of methoxy groups -OCH3 is 1. The number of rotatable bonds is 7. The maximum Gasteiger partial charge on any atom is 0.258 e. The number of pyridine rings is 1. The van der Waals surface area contributed by atoms with Gasteiger partial charge in [-0.25, -0.2) is 18.1 Å². The Labute approximate surface area is 101 Å². The zero-order valence-corrected chi connectivity index (χ0v) is 10.8. The first kappa shape index (κ1) is 13.9. The third-order valence-electron chi connectivity index (χ3n) is 1.98. The maximum absolute atomic E-state index is 11.6. The minimum absolute atomic E-state index is 0.0247. The second-order valence-corrected chi connectivity index (χ2v) is 5.02. The van der Waals surface area contributed by atoms with Crippen molar-refractivity contribution in [3.05, 3.63) is 18.3 Å². The number of sulfonamides is 1. The van der Waals surface area contributed by atoms with E-state index in [9.17, 15) is 8.42 Å². The highest BCUT2D eigenvalue weighted by molar-refractivity contribution is 7.89. The van der Waals surface area contributed by atoms with E-state index in [1.165, 1.54) is 12.3 Å². The Morgan fingerprint density at radius 1 is 1.41 bits per heavy atom. The van der Waals surface area contributed by atoms with Gasteiger partial charge in [-0.1, -0.05) is 6.92 Å². The molecule has 1 aromatic rings. The van der Waals surface area contributed by atoms with Crippen molar-refractivity contribution >= 4 is 15.7 Å². The fraction of sp³-hybridized carbons (Fsp3) is 0.500. The van der Waals surface area contributed by atoms with Gasteiger partial charge < -0.3 is 10.1 Å². The molecule has 0 saturated carbocycles. The molecule has 2 N–H and O–H groups in total. The number of aromatic nitrogens is 1. The molecule has 0 aliphatic heterocycles. The normalized spacial score (nSPS) is 11.4. The highest BCUT2D eigenvalue weighted by atomic mass is 32.2. The number of ether oxygens (including phenoxy) is 1. The molecule has 7 heteroatoms. The monoisotopic (exact) mass is 259 g/mol. The van der Waals surface area contributed by atoms with Crippen molar-refractivity contribution in [3.63, 3.8) is 0 Å². The molecule has 1 rings (SSSR count). The number of nitrogens with one attached hydrogen (secondary N) is 2. The summed E-state index contributed by atoms with van der Waals surface area (Å²) in [6, 6.07) is 3.14. The molecule has 0 radical (unpaired) electrons. The molecule has 17 heavy (non-hydrogen) atoms. The van der Waals surface area contributed by atoms with Gasteiger partial charge in [-0.05, 0) is 12.1 Å². The van der Waals surface area contributed by atoms with E-state index in [0.29, 0.717) is 19.7 Å². The number of hydrogen-bond donors (Lipinski definition) is 2. The van der Waals surface area contributed by atoms with Gasteiger partial charge in [0.2, 0.25) is 0 Å². The smallest absolute Gasteiger partial charge is 0.258 e. The summed E-state index contributed by atoms with van der Waals surface area (Å²) < 4.78 is 30.4. The molecule has 0 atom stereocenters. The summed E-state index contributed by atoms with van der Waals surface area (Å²) >= 11 is 0. The summed E-state index contributed by atoms with van der Waals surface area (Å²) in [7, 11) is -1.85. The Hall–Kier alpha value is -1.18. The van der Waals surface area contributed by atoms with Gasteiger partial charge in [0.05, 0.1) is 18.5 Å². The van der Waals surface area contributed by atoms with Crippen LogP contribution in [0.5, 0.6) is 0 Å². The van der Waals surface area contributed by atoms with Gasteiger partial charge in [0, 0.05) is 20.2 Å². The average molecular weight is 259 g/mol. The van der Waals surface area contributed by atoms with Gasteiger partial charge in [0.25, 0.3) is 10.0 Å². The van der Waals surface area contributed by atoms with E-state index in [1.807, 2.05) is 0 Å². The van der Waals surface area contributed by atoms with Crippen LogP contribution in [-0.4, -0.2) is 40.2 Å². The van der Waals surface area contributed by atoms with Crippen molar-refractivity contribution in [1.29, 1.82) is 0 Å². The minimum atomic E-state index is -3.47. The number of anilines is 1. The molecule has 0 bridgehead atoms. The van der Waals surface area contributed by atoms with Crippen LogP contribution in [-0.2, 0) is 14.8 Å². The van der Waals surface area contributed by atoms with Crippen LogP contribution in [0.25, 0.3) is 0 Å². The molecule has 96 valence electrons. The van der Waals surface area contributed by atoms with Crippen LogP contribution in [0.4, 0.5) is 5.69 Å². The zero-order valence-electron chi connectivity index (χ0n) is 9.93. The minimum Gasteiger partial charge on any atom is -0.383 e. The van der Waals surface area contributed by atoms with E-state index in [1.54, 1.807) is 20.1 Å². The van der Waals surface area contributed by atoms with Crippen LogP contribution >= 0.6 is 0 Å². The van der Waals surface area contributed by atoms with Gasteiger partial charge in [-0.15, -0.1) is 0 Å². The van der Waals surface area contributed by atoms with Gasteiger partial charge >= 0.3 is 0 Å². The lowest BCUT2D eigenvalue weighted by Crippen LogP contribution is -2.24. The van der Waals surface area contributed by atoms with Crippen LogP contribution in [0.3, 0.4) is 0 Å². The quantitative estimate of drug-likeness (QED) is 0.694. The maximum atomic E-state index is 11.6. The van der Waals surface area contributed by atoms with Gasteiger partial charge in [-0.2, -0.15) is 0 Å². The lowest BCUT2D eigenvalue weighted by molar-refractivity contribution is 0.211. The zero-order chi connectivity index (χ0) is 12.7. The Kier molecular flexibility index (Phi) is 5.33. The van der Waals surface area contributed by atoms with Crippen LogP contribution in [0.15, 0.2) is 23.4 Å². The van der Waals surface area contributed by atoms with Gasteiger partial charge in [0.15, 0.2) is 5.03 Å². The second-order valence-electron chi connectivity index (χ2n) is 3.31. The molecule has 0 spiro atoms. The summed E-state index contributed by atoms with van der Waals surface area (Å²) in [6.07, 6.45) is 1.49. The van der Waals surface area contributed by atoms with Gasteiger partial charge in [0.1, 0.15) is 0 Å². The standard InChI is InChI=1S/C10H17N3O3S/c1-3-13-17(14,15)10-5-4-9(8-12-10)11-6-7-16-2/h4-5,8,11,13H,3,6-7H2,1-2H3. The Morgan fingerprint density at radius 2 is 2.18 bits per heavy atom. The van der Waals surface area contributed by atoms with E-state index in [2.05, 4.69) is 15.0 Å². The molecular formula is C10H17N3O3S. The van der Waals surface area contributed by atoms with E-state index in [4.69, 9.17) is 4.74 Å². The molecule has 1 aromatic heterocycles. The summed E-state index contributed by atoms with van der Waals surface area (Å²) in [5, 5.41) is 3.08. The SMILES string of the molecule is CCNS(=O)(=O)c1ccc(NCCOC)cn1. The van der Waals surface area contributed by atoms with Crippen molar-refractivity contribution in [3.8, 4) is 0 Å². The van der Waals surface area contributed by atoms with Crippen LogP contribution < -0.4 is 10.0 Å². The molecule has 0 aliphatic rings. The lowest BCUT2D eigenvalue weighted by atomic mass is 10.4. The van der Waals surface area contributed by atoms with Crippen molar-refractivity contribution in [2.24, 2.45) is 0 Å². The molecule has 1 heterocycles. The summed E-state index contributed by atoms with van der Waals surface area (Å²) in [5.41, 5.74) is 0.762. The van der Waals surface area contributed by atoms with E-state index in [-0.39, 0.29) is 5.03 Å². The molecule has 0 unspecified atom stereocenters. The van der Waals surface area contributed by atoms with Crippen LogP contribution in [0.2, 0.25) is 0 Å². The highest BCUT2D eigenvalue weighted by Gasteiger charge is 2.13. The van der Waals surface area contributed by atoms with Crippen LogP contribution in [0.1, 0.15) is 6.92 Å². The molecule has 0 aromatic carbocycles. The van der Waals surface area contributed by atoms with Crippen molar-refractivity contribution in [1.82, 2.24) is 9.71 Å². The van der Waals surface area contributed by atoms with E-state index >= 15 is 0 Å². The molecular weight excluding hydrogens is 242 g/mol. The van der Waals surface area contributed by atoms with Crippen molar-refractivity contribution < 1.29 is 13.2 Å². The third-order valence-corrected chi connectivity index (χ3v) is 3.44. The predicted octanol–water partition coefficient (Wildman–Crippen LogP) is 0.438. The molecule has 0 fully saturated rings. The van der Waals surface area contributed by atoms with Crippen molar-refractivity contribution in [2.75, 3.05) is 32.1 Å². The average Bonchev–Trinajstić information content (AvgIpc) is 2.30. The number of hydrogen-bond acceptors (Lipinski definition) is 5. The fourth-order valence-corrected chi connectivity index (χ4v) is 2.17. The fourth-order valence-electron chi connectivity index (χ4n) is 1.21. The number of nitrogens with zero attached hydrogens (tertiary/aromatic N) is 1. The summed E-state index contributed by atoms with van der Waals surface area (Å²) in [6.45, 7) is 3.30. The second kappa shape index (κ2) is 6.53. The molecule has 0 aliphatic carbocycles. The topological polar surface area (TPSA) is 80.3 Å². The van der Waals surface area contributed by atoms with Crippen LogP contribution in [0, 0.1) is 0 Å². The predicted molar refractivity (Wildman–Crippen MR) is 65.5 cm³/mol. The highest BCUT2D eigenvalue weighted by Crippen LogP contribution is 2.09. The Balaban J connectivity index is 2.68. The first-order chi connectivity index (χ1) is 8.10. The third kappa shape index (κ3) is 4.29. The van der Waals surface area contributed by atoms with E-state index in [0.717, 1.165) is 5.69 Å². The molecule has 6 nitrogen and oxygen atoms in total. The first-order valence-corrected chi connectivity index (χ1v) is 6.77. The summed E-state index contributed by atoms with van der Waals surface area (Å²) in [4.78, 5) is 3.89.